The van der Waals surface area contributed by atoms with Gasteiger partial charge in [-0.2, -0.15) is 0 Å². The second kappa shape index (κ2) is 8.29. The number of hydrogen-bond acceptors (Lipinski definition) is 4. The highest BCUT2D eigenvalue weighted by Crippen LogP contribution is 2.16. The van der Waals surface area contributed by atoms with Crippen LogP contribution in [0.1, 0.15) is 18.4 Å². The van der Waals surface area contributed by atoms with Crippen LogP contribution in [0.2, 0.25) is 0 Å². The number of urea groups is 1. The number of amides is 2. The molecule has 1 N–H and O–H groups in total. The maximum Gasteiger partial charge on any atom is 0.317 e. The second-order valence-electron chi connectivity index (χ2n) is 5.84. The first-order valence-corrected chi connectivity index (χ1v) is 8.30. The van der Waals surface area contributed by atoms with Crippen LogP contribution in [-0.2, 0) is 6.42 Å². The lowest BCUT2D eigenvalue weighted by Crippen LogP contribution is -2.49. The summed E-state index contributed by atoms with van der Waals surface area (Å²) >= 11 is 0. The minimum absolute atomic E-state index is 0.0199. The number of likely N-dealkylation sites (tertiary alicyclic amines) is 1. The first-order valence-electron chi connectivity index (χ1n) is 8.30. The van der Waals surface area contributed by atoms with Crippen molar-refractivity contribution in [1.82, 2.24) is 20.2 Å². The molecule has 1 fully saturated rings. The van der Waals surface area contributed by atoms with Crippen molar-refractivity contribution in [3.05, 3.63) is 54.5 Å². The molecule has 6 heteroatoms. The Morgan fingerprint density at radius 3 is 2.96 bits per heavy atom. The van der Waals surface area contributed by atoms with Crippen molar-refractivity contribution in [2.75, 3.05) is 19.6 Å². The highest BCUT2D eigenvalue weighted by Gasteiger charge is 2.24. The third-order valence-electron chi connectivity index (χ3n) is 4.04. The van der Waals surface area contributed by atoms with Crippen LogP contribution >= 0.6 is 0 Å². The molecule has 0 unspecified atom stereocenters. The summed E-state index contributed by atoms with van der Waals surface area (Å²) in [5.41, 5.74) is 1.22. The summed E-state index contributed by atoms with van der Waals surface area (Å²) in [6, 6.07) is 11.9. The Bertz CT molecular complexity index is 636. The summed E-state index contributed by atoms with van der Waals surface area (Å²) in [5, 5.41) is 2.99. The molecule has 0 aliphatic carbocycles. The smallest absolute Gasteiger partial charge is 0.317 e. The Balaban J connectivity index is 1.44. The van der Waals surface area contributed by atoms with Crippen LogP contribution < -0.4 is 10.1 Å². The number of carbonyl (C=O) groups excluding carboxylic acids is 1. The Morgan fingerprint density at radius 1 is 1.29 bits per heavy atom. The van der Waals surface area contributed by atoms with Crippen molar-refractivity contribution in [2.45, 2.75) is 25.4 Å². The zero-order valence-electron chi connectivity index (χ0n) is 13.6. The monoisotopic (exact) mass is 326 g/mol. The summed E-state index contributed by atoms with van der Waals surface area (Å²) in [4.78, 5) is 22.1. The third kappa shape index (κ3) is 4.68. The fourth-order valence-electron chi connectivity index (χ4n) is 2.81. The molecule has 1 aromatic heterocycles. The summed E-state index contributed by atoms with van der Waals surface area (Å²) < 4.78 is 5.84. The van der Waals surface area contributed by atoms with Gasteiger partial charge in [0.25, 0.3) is 0 Å². The molecule has 0 radical (unpaired) electrons. The molecule has 126 valence electrons. The molecular weight excluding hydrogens is 304 g/mol. The number of piperidine rings is 1. The van der Waals surface area contributed by atoms with Gasteiger partial charge >= 0.3 is 6.03 Å². The standard InChI is InChI=1S/C18H22N4O2/c23-18(20-11-8-15-5-2-1-3-6-15)22-12-4-7-16(13-22)24-17-9-10-19-14-21-17/h1-3,5-6,9-10,14,16H,4,7-8,11-13H2,(H,20,23)/t16-/m1/s1. The molecular formula is C18H22N4O2. The molecule has 24 heavy (non-hydrogen) atoms. The van der Waals surface area contributed by atoms with E-state index in [1.54, 1.807) is 12.3 Å². The Labute approximate surface area is 141 Å². The van der Waals surface area contributed by atoms with Gasteiger partial charge in [-0.05, 0) is 24.8 Å². The van der Waals surface area contributed by atoms with Gasteiger partial charge in [0, 0.05) is 25.4 Å². The van der Waals surface area contributed by atoms with Crippen LogP contribution in [0.5, 0.6) is 5.88 Å². The lowest BCUT2D eigenvalue weighted by Gasteiger charge is -2.32. The van der Waals surface area contributed by atoms with Crippen molar-refractivity contribution in [2.24, 2.45) is 0 Å². The number of benzene rings is 1. The van der Waals surface area contributed by atoms with E-state index in [1.807, 2.05) is 23.1 Å². The molecule has 1 aliphatic heterocycles. The topological polar surface area (TPSA) is 67.4 Å². The Morgan fingerprint density at radius 2 is 2.17 bits per heavy atom. The van der Waals surface area contributed by atoms with E-state index in [0.29, 0.717) is 19.0 Å². The number of nitrogens with one attached hydrogen (secondary N) is 1. The Kier molecular flexibility index (Phi) is 5.61. The maximum absolute atomic E-state index is 12.3. The number of nitrogens with zero attached hydrogens (tertiary/aromatic N) is 3. The highest BCUT2D eigenvalue weighted by atomic mass is 16.5. The molecule has 6 nitrogen and oxygen atoms in total. The molecule has 2 heterocycles. The molecule has 0 saturated carbocycles. The average molecular weight is 326 g/mol. The van der Waals surface area contributed by atoms with Crippen molar-refractivity contribution < 1.29 is 9.53 Å². The van der Waals surface area contributed by atoms with E-state index in [-0.39, 0.29) is 12.1 Å². The van der Waals surface area contributed by atoms with E-state index in [0.717, 1.165) is 25.8 Å². The fraction of sp³-hybridized carbons (Fsp3) is 0.389. The molecule has 3 rings (SSSR count). The van der Waals surface area contributed by atoms with E-state index < -0.39 is 0 Å². The predicted octanol–water partition coefficient (Wildman–Crippen LogP) is 2.27. The van der Waals surface area contributed by atoms with Gasteiger partial charge in [-0.1, -0.05) is 30.3 Å². The van der Waals surface area contributed by atoms with Crippen LogP contribution in [-0.4, -0.2) is 46.6 Å². The molecule has 0 bridgehead atoms. The van der Waals surface area contributed by atoms with E-state index in [9.17, 15) is 4.79 Å². The van der Waals surface area contributed by atoms with Gasteiger partial charge in [-0.15, -0.1) is 0 Å². The minimum atomic E-state index is -0.0260. The molecule has 1 atom stereocenters. The van der Waals surface area contributed by atoms with Crippen LogP contribution in [0, 0.1) is 0 Å². The normalized spacial score (nSPS) is 17.3. The van der Waals surface area contributed by atoms with Gasteiger partial charge in [0.1, 0.15) is 12.4 Å². The molecule has 0 spiro atoms. The third-order valence-corrected chi connectivity index (χ3v) is 4.04. The zero-order valence-corrected chi connectivity index (χ0v) is 13.6. The average Bonchev–Trinajstić information content (AvgIpc) is 2.64. The van der Waals surface area contributed by atoms with E-state index in [2.05, 4.69) is 27.4 Å². The number of hydrogen-bond donors (Lipinski definition) is 1. The van der Waals surface area contributed by atoms with Crippen molar-refractivity contribution >= 4 is 6.03 Å². The largest absolute Gasteiger partial charge is 0.472 e. The number of aromatic nitrogens is 2. The molecule has 1 aliphatic rings. The van der Waals surface area contributed by atoms with Gasteiger partial charge in [0.15, 0.2) is 0 Å². The maximum atomic E-state index is 12.3. The summed E-state index contributed by atoms with van der Waals surface area (Å²) in [7, 11) is 0. The molecule has 2 aromatic rings. The lowest BCUT2D eigenvalue weighted by molar-refractivity contribution is 0.0978. The van der Waals surface area contributed by atoms with Gasteiger partial charge in [0.05, 0.1) is 6.54 Å². The summed E-state index contributed by atoms with van der Waals surface area (Å²) in [6.07, 6.45) is 5.79. The van der Waals surface area contributed by atoms with Gasteiger partial charge in [-0.3, -0.25) is 0 Å². The minimum Gasteiger partial charge on any atom is -0.472 e. The SMILES string of the molecule is O=C(NCCc1ccccc1)N1CCC[C@@H](Oc2ccncn2)C1. The van der Waals surface area contributed by atoms with Crippen molar-refractivity contribution in [1.29, 1.82) is 0 Å². The predicted molar refractivity (Wildman–Crippen MR) is 90.8 cm³/mol. The Hall–Kier alpha value is -2.63. The molecule has 2 amide bonds. The number of carbonyl (C=O) groups is 1. The van der Waals surface area contributed by atoms with Crippen LogP contribution in [0.4, 0.5) is 4.79 Å². The van der Waals surface area contributed by atoms with E-state index >= 15 is 0 Å². The zero-order chi connectivity index (χ0) is 16.6. The molecule has 1 aromatic carbocycles. The quantitative estimate of drug-likeness (QED) is 0.915. The van der Waals surface area contributed by atoms with Gasteiger partial charge in [-0.25, -0.2) is 14.8 Å². The molecule has 1 saturated heterocycles. The van der Waals surface area contributed by atoms with E-state index in [4.69, 9.17) is 4.74 Å². The lowest BCUT2D eigenvalue weighted by atomic mass is 10.1. The van der Waals surface area contributed by atoms with Crippen LogP contribution in [0.15, 0.2) is 48.9 Å². The fourth-order valence-corrected chi connectivity index (χ4v) is 2.81. The number of rotatable bonds is 5. The first-order chi connectivity index (χ1) is 11.8. The van der Waals surface area contributed by atoms with E-state index in [1.165, 1.54) is 11.9 Å². The second-order valence-corrected chi connectivity index (χ2v) is 5.84. The highest BCUT2D eigenvalue weighted by molar-refractivity contribution is 5.74. The summed E-state index contributed by atoms with van der Waals surface area (Å²) in [5.74, 6) is 0.557. The number of ether oxygens (including phenoxy) is 1. The first kappa shape index (κ1) is 16.2. The van der Waals surface area contributed by atoms with Gasteiger partial charge < -0.3 is 15.0 Å². The van der Waals surface area contributed by atoms with Crippen molar-refractivity contribution in [3.8, 4) is 5.88 Å². The van der Waals surface area contributed by atoms with Crippen LogP contribution in [0.3, 0.4) is 0 Å². The summed E-state index contributed by atoms with van der Waals surface area (Å²) in [6.45, 7) is 1.98. The van der Waals surface area contributed by atoms with Crippen LogP contribution in [0.25, 0.3) is 0 Å². The van der Waals surface area contributed by atoms with Crippen molar-refractivity contribution in [3.63, 3.8) is 0 Å². The van der Waals surface area contributed by atoms with Gasteiger partial charge in [0.2, 0.25) is 5.88 Å².